The van der Waals surface area contributed by atoms with Gasteiger partial charge in [-0.05, 0) is 54.1 Å². The molecular formula is C24H24FN3O3S2. The highest BCUT2D eigenvalue weighted by molar-refractivity contribution is 7.99. The first-order valence-electron chi connectivity index (χ1n) is 10.5. The standard InChI is InChI=1S/C24H24FN3O3S2/c25-19-8-10-21(11-9-19)33(30,31)27-23-7-2-1-6-22(23)24(29)26-20-5-3-4-18(16-20)17-28-12-14-32-15-13-28/h1-11,16,27H,12-15,17H2,(H,26,29). The third-order valence-corrected chi connectivity index (χ3v) is 7.56. The van der Waals surface area contributed by atoms with Crippen LogP contribution in [0, 0.1) is 5.82 Å². The summed E-state index contributed by atoms with van der Waals surface area (Å²) >= 11 is 1.96. The molecule has 9 heteroatoms. The van der Waals surface area contributed by atoms with Gasteiger partial charge in [0.1, 0.15) is 5.82 Å². The van der Waals surface area contributed by atoms with Gasteiger partial charge in [-0.15, -0.1) is 0 Å². The lowest BCUT2D eigenvalue weighted by Gasteiger charge is -2.26. The molecule has 0 unspecified atom stereocenters. The van der Waals surface area contributed by atoms with E-state index in [-0.39, 0.29) is 16.1 Å². The molecule has 0 aromatic heterocycles. The van der Waals surface area contributed by atoms with Crippen LogP contribution in [0.1, 0.15) is 15.9 Å². The second-order valence-corrected chi connectivity index (χ2v) is 10.6. The van der Waals surface area contributed by atoms with Gasteiger partial charge in [0.05, 0.1) is 16.1 Å². The monoisotopic (exact) mass is 485 g/mol. The minimum absolute atomic E-state index is 0.0945. The lowest BCUT2D eigenvalue weighted by atomic mass is 10.1. The van der Waals surface area contributed by atoms with E-state index in [2.05, 4.69) is 14.9 Å². The zero-order valence-electron chi connectivity index (χ0n) is 17.8. The number of nitrogens with zero attached hydrogens (tertiary/aromatic N) is 1. The third-order valence-electron chi connectivity index (χ3n) is 5.23. The number of amides is 1. The second-order valence-electron chi connectivity index (χ2n) is 7.65. The minimum Gasteiger partial charge on any atom is -0.322 e. The number of nitrogens with one attached hydrogen (secondary N) is 2. The number of hydrogen-bond donors (Lipinski definition) is 2. The molecule has 3 aromatic carbocycles. The Morgan fingerprint density at radius 2 is 1.70 bits per heavy atom. The van der Waals surface area contributed by atoms with Crippen LogP contribution in [0.25, 0.3) is 0 Å². The van der Waals surface area contributed by atoms with Gasteiger partial charge < -0.3 is 5.32 Å². The smallest absolute Gasteiger partial charge is 0.261 e. The molecule has 0 saturated carbocycles. The van der Waals surface area contributed by atoms with Crippen molar-refractivity contribution in [1.29, 1.82) is 0 Å². The Kier molecular flexibility index (Phi) is 7.32. The fourth-order valence-corrected chi connectivity index (χ4v) is 5.61. The van der Waals surface area contributed by atoms with E-state index in [1.165, 1.54) is 18.2 Å². The van der Waals surface area contributed by atoms with Gasteiger partial charge in [-0.25, -0.2) is 12.8 Å². The van der Waals surface area contributed by atoms with Crippen molar-refractivity contribution in [3.8, 4) is 0 Å². The van der Waals surface area contributed by atoms with Gasteiger partial charge in [-0.1, -0.05) is 24.3 Å². The Labute approximate surface area is 197 Å². The lowest BCUT2D eigenvalue weighted by Crippen LogP contribution is -2.31. The maximum atomic E-state index is 13.2. The van der Waals surface area contributed by atoms with Crippen molar-refractivity contribution in [2.45, 2.75) is 11.4 Å². The van der Waals surface area contributed by atoms with Crippen molar-refractivity contribution >= 4 is 39.1 Å². The van der Waals surface area contributed by atoms with Crippen LogP contribution in [-0.2, 0) is 16.6 Å². The first-order chi connectivity index (χ1) is 15.9. The SMILES string of the molecule is O=C(Nc1cccc(CN2CCSCC2)c1)c1ccccc1NS(=O)(=O)c1ccc(F)cc1. The normalized spacial score (nSPS) is 14.6. The Hall–Kier alpha value is -2.88. The first kappa shape index (κ1) is 23.3. The van der Waals surface area contributed by atoms with Gasteiger partial charge in [0.2, 0.25) is 0 Å². The second kappa shape index (κ2) is 10.4. The zero-order valence-corrected chi connectivity index (χ0v) is 19.5. The van der Waals surface area contributed by atoms with Crippen LogP contribution in [-0.4, -0.2) is 43.8 Å². The van der Waals surface area contributed by atoms with Crippen LogP contribution in [0.2, 0.25) is 0 Å². The predicted octanol–water partition coefficient (Wildman–Crippen LogP) is 4.43. The number of rotatable bonds is 7. The molecule has 0 bridgehead atoms. The number of benzene rings is 3. The van der Waals surface area contributed by atoms with Crippen LogP contribution >= 0.6 is 11.8 Å². The van der Waals surface area contributed by atoms with Crippen LogP contribution in [0.15, 0.2) is 77.7 Å². The van der Waals surface area contributed by atoms with Crippen molar-refractivity contribution in [2.24, 2.45) is 0 Å². The molecule has 0 atom stereocenters. The summed E-state index contributed by atoms with van der Waals surface area (Å²) in [7, 11) is -3.99. The Bertz CT molecular complexity index is 1230. The molecule has 0 radical (unpaired) electrons. The van der Waals surface area contributed by atoms with E-state index in [1.807, 2.05) is 30.0 Å². The van der Waals surface area contributed by atoms with Gasteiger partial charge in [-0.2, -0.15) is 11.8 Å². The summed E-state index contributed by atoms with van der Waals surface area (Å²) in [5.74, 6) is 1.29. The summed E-state index contributed by atoms with van der Waals surface area (Å²) < 4.78 is 41.0. The molecule has 6 nitrogen and oxygen atoms in total. The molecule has 1 amide bonds. The molecule has 1 heterocycles. The average Bonchev–Trinajstić information content (AvgIpc) is 2.80. The fraction of sp³-hybridized carbons (Fsp3) is 0.208. The van der Waals surface area contributed by atoms with E-state index >= 15 is 0 Å². The lowest BCUT2D eigenvalue weighted by molar-refractivity contribution is 0.102. The van der Waals surface area contributed by atoms with Gasteiger partial charge >= 0.3 is 0 Å². The summed E-state index contributed by atoms with van der Waals surface area (Å²) in [5.41, 5.74) is 2.06. The molecule has 3 aromatic rings. The highest BCUT2D eigenvalue weighted by Gasteiger charge is 2.19. The van der Waals surface area contributed by atoms with Crippen molar-refractivity contribution < 1.29 is 17.6 Å². The van der Waals surface area contributed by atoms with Gasteiger partial charge in [0.25, 0.3) is 15.9 Å². The Morgan fingerprint density at radius 1 is 0.970 bits per heavy atom. The number of carbonyl (C=O) groups is 1. The molecule has 4 rings (SSSR count). The largest absolute Gasteiger partial charge is 0.322 e. The van der Waals surface area contributed by atoms with Gasteiger partial charge in [0, 0.05) is 36.8 Å². The number of halogens is 1. The molecule has 1 aliphatic heterocycles. The van der Waals surface area contributed by atoms with E-state index in [0.717, 1.165) is 48.8 Å². The number of sulfonamides is 1. The minimum atomic E-state index is -3.99. The number of hydrogen-bond acceptors (Lipinski definition) is 5. The van der Waals surface area contributed by atoms with E-state index in [1.54, 1.807) is 24.3 Å². The van der Waals surface area contributed by atoms with E-state index < -0.39 is 21.7 Å². The topological polar surface area (TPSA) is 78.5 Å². The van der Waals surface area contributed by atoms with Gasteiger partial charge in [0.15, 0.2) is 0 Å². The van der Waals surface area contributed by atoms with Crippen LogP contribution in [0.4, 0.5) is 15.8 Å². The molecule has 172 valence electrons. The zero-order chi connectivity index (χ0) is 23.3. The summed E-state index contributed by atoms with van der Waals surface area (Å²) in [4.78, 5) is 15.3. The number of para-hydroxylation sites is 1. The summed E-state index contributed by atoms with van der Waals surface area (Å²) in [5, 5.41) is 2.86. The van der Waals surface area contributed by atoms with Crippen molar-refractivity contribution in [1.82, 2.24) is 4.90 Å². The molecule has 1 aliphatic rings. The van der Waals surface area contributed by atoms with Crippen LogP contribution in [0.5, 0.6) is 0 Å². The van der Waals surface area contributed by atoms with Gasteiger partial charge in [-0.3, -0.25) is 14.4 Å². The Balaban J connectivity index is 1.49. The maximum Gasteiger partial charge on any atom is 0.261 e. The number of thioether (sulfide) groups is 1. The van der Waals surface area contributed by atoms with Crippen molar-refractivity contribution in [3.05, 3.63) is 89.7 Å². The van der Waals surface area contributed by atoms with Crippen LogP contribution < -0.4 is 10.0 Å². The molecule has 0 spiro atoms. The summed E-state index contributed by atoms with van der Waals surface area (Å²) in [6, 6.07) is 18.5. The Morgan fingerprint density at radius 3 is 2.45 bits per heavy atom. The highest BCUT2D eigenvalue weighted by Crippen LogP contribution is 2.22. The van der Waals surface area contributed by atoms with Crippen molar-refractivity contribution in [3.63, 3.8) is 0 Å². The molecule has 1 saturated heterocycles. The predicted molar refractivity (Wildman–Crippen MR) is 131 cm³/mol. The molecule has 1 fully saturated rings. The maximum absolute atomic E-state index is 13.2. The summed E-state index contributed by atoms with van der Waals surface area (Å²) in [6.07, 6.45) is 0. The molecule has 33 heavy (non-hydrogen) atoms. The van der Waals surface area contributed by atoms with E-state index in [4.69, 9.17) is 0 Å². The summed E-state index contributed by atoms with van der Waals surface area (Å²) in [6.45, 7) is 2.91. The number of carbonyl (C=O) groups excluding carboxylic acids is 1. The average molecular weight is 486 g/mol. The van der Waals surface area contributed by atoms with Crippen LogP contribution in [0.3, 0.4) is 0 Å². The van der Waals surface area contributed by atoms with E-state index in [0.29, 0.717) is 5.69 Å². The highest BCUT2D eigenvalue weighted by atomic mass is 32.2. The molecular weight excluding hydrogens is 461 g/mol. The number of anilines is 2. The first-order valence-corrected chi connectivity index (χ1v) is 13.1. The molecule has 0 aliphatic carbocycles. The quantitative estimate of drug-likeness (QED) is 0.518. The third kappa shape index (κ3) is 6.13. The van der Waals surface area contributed by atoms with Crippen molar-refractivity contribution in [2.75, 3.05) is 34.6 Å². The fourth-order valence-electron chi connectivity index (χ4n) is 3.55. The molecule has 2 N–H and O–H groups in total. The van der Waals surface area contributed by atoms with E-state index in [9.17, 15) is 17.6 Å².